The monoisotopic (exact) mass is 347 g/mol. The van der Waals surface area contributed by atoms with Crippen LogP contribution < -0.4 is 4.72 Å². The van der Waals surface area contributed by atoms with Crippen LogP contribution in [0, 0.1) is 11.7 Å². The topological polar surface area (TPSA) is 110 Å². The number of nitrogens with one attached hydrogen (secondary N) is 1. The van der Waals surface area contributed by atoms with Crippen LogP contribution in [0.15, 0.2) is 23.1 Å². The number of carbonyl (C=O) groups excluding carboxylic acids is 1. The molecule has 9 heteroatoms. The van der Waals surface area contributed by atoms with Gasteiger partial charge in [-0.1, -0.05) is 13.8 Å². The molecule has 0 heterocycles. The number of ether oxygens (including phenoxy) is 1. The van der Waals surface area contributed by atoms with Crippen molar-refractivity contribution in [1.82, 2.24) is 4.72 Å². The number of carboxylic acid groups (broad SMARTS) is 1. The maximum absolute atomic E-state index is 13.5. The summed E-state index contributed by atoms with van der Waals surface area (Å²) in [6.07, 6.45) is 0.0632. The predicted octanol–water partition coefficient (Wildman–Crippen LogP) is 1.39. The zero-order valence-electron chi connectivity index (χ0n) is 12.9. The van der Waals surface area contributed by atoms with E-state index in [0.717, 1.165) is 19.2 Å². The summed E-state index contributed by atoms with van der Waals surface area (Å²) < 4.78 is 44.5. The molecule has 7 nitrogen and oxygen atoms in total. The number of hydrogen-bond donors (Lipinski definition) is 2. The van der Waals surface area contributed by atoms with Gasteiger partial charge in [0.15, 0.2) is 0 Å². The second kappa shape index (κ2) is 7.51. The number of rotatable bonds is 7. The molecule has 0 saturated heterocycles. The van der Waals surface area contributed by atoms with Crippen LogP contribution in [-0.2, 0) is 19.6 Å². The largest absolute Gasteiger partial charge is 0.480 e. The molecule has 0 aliphatic carbocycles. The Morgan fingerprint density at radius 1 is 1.30 bits per heavy atom. The van der Waals surface area contributed by atoms with Crippen LogP contribution in [0.25, 0.3) is 0 Å². The smallest absolute Gasteiger partial charge is 0.337 e. The lowest BCUT2D eigenvalue weighted by Gasteiger charge is -2.17. The van der Waals surface area contributed by atoms with Crippen LogP contribution in [0.3, 0.4) is 0 Å². The minimum Gasteiger partial charge on any atom is -0.480 e. The van der Waals surface area contributed by atoms with E-state index in [1.54, 1.807) is 13.8 Å². The van der Waals surface area contributed by atoms with E-state index in [-0.39, 0.29) is 17.9 Å². The van der Waals surface area contributed by atoms with Crippen molar-refractivity contribution in [3.05, 3.63) is 29.6 Å². The number of hydrogen-bond acceptors (Lipinski definition) is 5. The fourth-order valence-electron chi connectivity index (χ4n) is 1.88. The van der Waals surface area contributed by atoms with Crippen molar-refractivity contribution in [2.24, 2.45) is 5.92 Å². The normalized spacial score (nSPS) is 12.9. The summed E-state index contributed by atoms with van der Waals surface area (Å²) in [4.78, 5) is 22.0. The number of sulfonamides is 1. The summed E-state index contributed by atoms with van der Waals surface area (Å²) in [7, 11) is -3.24. The Hall–Kier alpha value is -2.00. The van der Waals surface area contributed by atoms with Crippen LogP contribution in [-0.4, -0.2) is 38.6 Å². The Morgan fingerprint density at radius 3 is 2.39 bits per heavy atom. The summed E-state index contributed by atoms with van der Waals surface area (Å²) in [5, 5.41) is 9.09. The van der Waals surface area contributed by atoms with Crippen LogP contribution >= 0.6 is 0 Å². The van der Waals surface area contributed by atoms with Crippen molar-refractivity contribution >= 4 is 22.0 Å². The van der Waals surface area contributed by atoms with Gasteiger partial charge in [-0.05, 0) is 30.5 Å². The van der Waals surface area contributed by atoms with Crippen LogP contribution in [0.4, 0.5) is 4.39 Å². The van der Waals surface area contributed by atoms with Crippen molar-refractivity contribution in [1.29, 1.82) is 0 Å². The molecule has 0 radical (unpaired) electrons. The summed E-state index contributed by atoms with van der Waals surface area (Å²) in [6.45, 7) is 3.48. The van der Waals surface area contributed by atoms with Gasteiger partial charge in [0.25, 0.3) is 0 Å². The first-order valence-corrected chi connectivity index (χ1v) is 8.19. The molecular weight excluding hydrogens is 329 g/mol. The lowest BCUT2D eigenvalue weighted by atomic mass is 10.1. The van der Waals surface area contributed by atoms with Gasteiger partial charge >= 0.3 is 11.9 Å². The molecule has 0 aromatic heterocycles. The summed E-state index contributed by atoms with van der Waals surface area (Å²) >= 11 is 0. The first-order chi connectivity index (χ1) is 10.6. The van der Waals surface area contributed by atoms with E-state index >= 15 is 0 Å². The Morgan fingerprint density at radius 2 is 1.91 bits per heavy atom. The van der Waals surface area contributed by atoms with Gasteiger partial charge in [0.1, 0.15) is 11.9 Å². The molecular formula is C14H18FNO6S. The average molecular weight is 347 g/mol. The van der Waals surface area contributed by atoms with E-state index < -0.39 is 38.7 Å². The van der Waals surface area contributed by atoms with Crippen molar-refractivity contribution in [3.8, 4) is 0 Å². The number of benzene rings is 1. The molecule has 0 aliphatic heterocycles. The minimum absolute atomic E-state index is 0.0632. The molecule has 0 saturated carbocycles. The first kappa shape index (κ1) is 19.0. The molecule has 2 N–H and O–H groups in total. The van der Waals surface area contributed by atoms with E-state index in [0.29, 0.717) is 6.07 Å². The van der Waals surface area contributed by atoms with Gasteiger partial charge in [-0.15, -0.1) is 0 Å². The Kier molecular flexibility index (Phi) is 6.22. The number of methoxy groups -OCH3 is 1. The number of esters is 1. The molecule has 0 unspecified atom stereocenters. The molecule has 1 aromatic rings. The fraction of sp³-hybridized carbons (Fsp3) is 0.429. The summed E-state index contributed by atoms with van der Waals surface area (Å²) in [5.41, 5.74) is -0.288. The van der Waals surface area contributed by atoms with Crippen molar-refractivity contribution in [2.45, 2.75) is 31.2 Å². The lowest BCUT2D eigenvalue weighted by molar-refractivity contribution is -0.139. The molecule has 0 aliphatic rings. The summed E-state index contributed by atoms with van der Waals surface area (Å²) in [6, 6.07) is 1.09. The molecule has 128 valence electrons. The van der Waals surface area contributed by atoms with Crippen LogP contribution in [0.1, 0.15) is 30.6 Å². The average Bonchev–Trinajstić information content (AvgIpc) is 2.44. The molecule has 0 fully saturated rings. The number of carbonyl (C=O) groups is 2. The Labute approximate surface area is 133 Å². The Balaban J connectivity index is 3.19. The second-order valence-electron chi connectivity index (χ2n) is 5.31. The molecule has 0 spiro atoms. The SMILES string of the molecule is COC(=O)c1cc(F)cc(S(=O)(=O)N[C@@H](CC(C)C)C(=O)O)c1. The van der Waals surface area contributed by atoms with Gasteiger partial charge in [-0.3, -0.25) is 4.79 Å². The highest BCUT2D eigenvalue weighted by Crippen LogP contribution is 2.17. The van der Waals surface area contributed by atoms with E-state index in [1.807, 2.05) is 4.72 Å². The number of aliphatic carboxylic acids is 1. The lowest BCUT2D eigenvalue weighted by Crippen LogP contribution is -2.41. The van der Waals surface area contributed by atoms with E-state index in [4.69, 9.17) is 5.11 Å². The number of halogens is 1. The maximum Gasteiger partial charge on any atom is 0.337 e. The highest BCUT2D eigenvalue weighted by atomic mass is 32.2. The maximum atomic E-state index is 13.5. The third-order valence-corrected chi connectivity index (χ3v) is 4.36. The van der Waals surface area contributed by atoms with Gasteiger partial charge in [-0.2, -0.15) is 4.72 Å². The fourth-order valence-corrected chi connectivity index (χ4v) is 3.14. The van der Waals surface area contributed by atoms with E-state index in [1.165, 1.54) is 0 Å². The molecule has 0 amide bonds. The first-order valence-electron chi connectivity index (χ1n) is 6.71. The molecule has 0 bridgehead atoms. The van der Waals surface area contributed by atoms with Gasteiger partial charge in [0.2, 0.25) is 10.0 Å². The number of carboxylic acids is 1. The van der Waals surface area contributed by atoms with Crippen molar-refractivity contribution in [3.63, 3.8) is 0 Å². The van der Waals surface area contributed by atoms with E-state index in [2.05, 4.69) is 4.74 Å². The Bertz CT molecular complexity index is 701. The minimum atomic E-state index is -4.32. The van der Waals surface area contributed by atoms with Gasteiger partial charge in [-0.25, -0.2) is 17.6 Å². The zero-order valence-corrected chi connectivity index (χ0v) is 13.7. The van der Waals surface area contributed by atoms with E-state index in [9.17, 15) is 22.4 Å². The second-order valence-corrected chi connectivity index (χ2v) is 7.02. The molecule has 1 atom stereocenters. The zero-order chi connectivity index (χ0) is 17.8. The van der Waals surface area contributed by atoms with Crippen LogP contribution in [0.5, 0.6) is 0 Å². The van der Waals surface area contributed by atoms with Gasteiger partial charge in [0, 0.05) is 0 Å². The standard InChI is InChI=1S/C14H18FNO6S/c1-8(2)4-12(13(17)18)16-23(20,21)11-6-9(14(19)22-3)5-10(15)7-11/h5-8,12,16H,4H2,1-3H3,(H,17,18)/t12-/m0/s1. The molecule has 1 rings (SSSR count). The summed E-state index contributed by atoms with van der Waals surface area (Å²) in [5.74, 6) is -3.27. The molecule has 1 aromatic carbocycles. The highest BCUT2D eigenvalue weighted by molar-refractivity contribution is 7.89. The van der Waals surface area contributed by atoms with Crippen molar-refractivity contribution < 1.29 is 32.2 Å². The van der Waals surface area contributed by atoms with Crippen molar-refractivity contribution in [2.75, 3.05) is 7.11 Å². The van der Waals surface area contributed by atoms with Crippen LogP contribution in [0.2, 0.25) is 0 Å². The van der Waals surface area contributed by atoms with Gasteiger partial charge < -0.3 is 9.84 Å². The highest BCUT2D eigenvalue weighted by Gasteiger charge is 2.27. The third kappa shape index (κ3) is 5.29. The van der Waals surface area contributed by atoms with Gasteiger partial charge in [0.05, 0.1) is 17.6 Å². The predicted molar refractivity (Wildman–Crippen MR) is 78.9 cm³/mol. The molecule has 23 heavy (non-hydrogen) atoms. The quantitative estimate of drug-likeness (QED) is 0.721. The third-order valence-electron chi connectivity index (χ3n) is 2.91.